The second-order valence-corrected chi connectivity index (χ2v) is 7.99. The van der Waals surface area contributed by atoms with E-state index in [1.54, 1.807) is 24.5 Å². The van der Waals surface area contributed by atoms with Gasteiger partial charge in [-0.3, -0.25) is 9.20 Å². The third-order valence-electron chi connectivity index (χ3n) is 5.77. The lowest BCUT2D eigenvalue weighted by Crippen LogP contribution is -2.16. The number of amides is 1. The van der Waals surface area contributed by atoms with E-state index in [0.29, 0.717) is 23.1 Å². The van der Waals surface area contributed by atoms with Crippen LogP contribution in [-0.2, 0) is 4.74 Å². The molecule has 5 rings (SSSR count). The molecule has 1 aliphatic heterocycles. The molecule has 0 radical (unpaired) electrons. The SMILES string of the molecule is Cc1ccnc(NC(=O)c2ccc(-c3nc(C4CCOCC4)n4ccnc(N)c34)cc2)c1. The fourth-order valence-corrected chi connectivity index (χ4v) is 4.10. The highest BCUT2D eigenvalue weighted by atomic mass is 16.5. The number of anilines is 2. The number of fused-ring (bicyclic) bond motifs is 1. The number of nitrogens with two attached hydrogens (primary N) is 1. The number of hydrogen-bond acceptors (Lipinski definition) is 6. The number of nitrogen functional groups attached to an aromatic ring is 1. The first-order valence-electron chi connectivity index (χ1n) is 10.6. The molecule has 0 unspecified atom stereocenters. The Morgan fingerprint density at radius 2 is 1.91 bits per heavy atom. The summed E-state index contributed by atoms with van der Waals surface area (Å²) in [5.74, 6) is 2.02. The molecule has 0 bridgehead atoms. The molecule has 0 spiro atoms. The van der Waals surface area contributed by atoms with E-state index in [1.165, 1.54) is 0 Å². The van der Waals surface area contributed by atoms with Gasteiger partial charge in [-0.05, 0) is 49.6 Å². The summed E-state index contributed by atoms with van der Waals surface area (Å²) in [6, 6.07) is 11.1. The molecule has 162 valence electrons. The van der Waals surface area contributed by atoms with Gasteiger partial charge in [0.2, 0.25) is 0 Å². The molecule has 8 heteroatoms. The van der Waals surface area contributed by atoms with Crippen molar-refractivity contribution in [3.8, 4) is 11.3 Å². The Balaban J connectivity index is 1.47. The standard InChI is InChI=1S/C24H24N6O2/c1-15-6-9-26-19(14-15)28-24(31)18-4-2-16(3-5-18)20-21-22(25)27-10-11-30(21)23(29-20)17-7-12-32-13-8-17/h2-6,9-11,14,17H,7-8,12-13H2,1H3,(H2,25,27)(H,26,28,31). The van der Waals surface area contributed by atoms with E-state index < -0.39 is 0 Å². The summed E-state index contributed by atoms with van der Waals surface area (Å²) in [6.45, 7) is 3.42. The maximum atomic E-state index is 12.6. The Hall–Kier alpha value is -3.78. The number of nitrogens with zero attached hydrogens (tertiary/aromatic N) is 4. The van der Waals surface area contributed by atoms with E-state index in [9.17, 15) is 4.79 Å². The van der Waals surface area contributed by atoms with E-state index in [1.807, 2.05) is 41.8 Å². The van der Waals surface area contributed by atoms with Gasteiger partial charge in [0.25, 0.3) is 5.91 Å². The van der Waals surface area contributed by atoms with Crippen molar-refractivity contribution >= 4 is 23.1 Å². The Labute approximate surface area is 185 Å². The summed E-state index contributed by atoms with van der Waals surface area (Å²) >= 11 is 0. The van der Waals surface area contributed by atoms with Gasteiger partial charge in [0.05, 0.1) is 0 Å². The van der Waals surface area contributed by atoms with Crippen molar-refractivity contribution in [2.45, 2.75) is 25.7 Å². The van der Waals surface area contributed by atoms with Crippen LogP contribution in [0.5, 0.6) is 0 Å². The lowest BCUT2D eigenvalue weighted by atomic mass is 9.99. The summed E-state index contributed by atoms with van der Waals surface area (Å²) in [6.07, 6.45) is 7.12. The van der Waals surface area contributed by atoms with E-state index >= 15 is 0 Å². The van der Waals surface area contributed by atoms with Crippen molar-refractivity contribution < 1.29 is 9.53 Å². The zero-order valence-corrected chi connectivity index (χ0v) is 17.8. The summed E-state index contributed by atoms with van der Waals surface area (Å²) < 4.78 is 7.56. The van der Waals surface area contributed by atoms with Crippen LogP contribution in [0.2, 0.25) is 0 Å². The minimum Gasteiger partial charge on any atom is -0.382 e. The van der Waals surface area contributed by atoms with Gasteiger partial charge in [0, 0.05) is 48.8 Å². The number of rotatable bonds is 4. The number of pyridine rings is 1. The van der Waals surface area contributed by atoms with Gasteiger partial charge < -0.3 is 15.8 Å². The van der Waals surface area contributed by atoms with Gasteiger partial charge in [-0.15, -0.1) is 0 Å². The molecule has 1 amide bonds. The first-order chi connectivity index (χ1) is 15.6. The number of ether oxygens (including phenoxy) is 1. The lowest BCUT2D eigenvalue weighted by molar-refractivity contribution is 0.0835. The average molecular weight is 428 g/mol. The van der Waals surface area contributed by atoms with Crippen molar-refractivity contribution in [1.82, 2.24) is 19.4 Å². The highest BCUT2D eigenvalue weighted by Crippen LogP contribution is 2.34. The zero-order chi connectivity index (χ0) is 22.1. The Morgan fingerprint density at radius 1 is 1.12 bits per heavy atom. The molecule has 8 nitrogen and oxygen atoms in total. The second-order valence-electron chi connectivity index (χ2n) is 7.99. The van der Waals surface area contributed by atoms with Gasteiger partial charge in [-0.25, -0.2) is 15.0 Å². The number of aryl methyl sites for hydroxylation is 1. The van der Waals surface area contributed by atoms with Gasteiger partial charge in [-0.1, -0.05) is 12.1 Å². The summed E-state index contributed by atoms with van der Waals surface area (Å²) in [7, 11) is 0. The monoisotopic (exact) mass is 428 g/mol. The van der Waals surface area contributed by atoms with Crippen molar-refractivity contribution in [2.24, 2.45) is 0 Å². The fraction of sp³-hybridized carbons (Fsp3) is 0.250. The number of aromatic nitrogens is 4. The van der Waals surface area contributed by atoms with Crippen LogP contribution < -0.4 is 11.1 Å². The molecule has 0 saturated carbocycles. The van der Waals surface area contributed by atoms with Crippen LogP contribution in [0, 0.1) is 6.92 Å². The summed E-state index contributed by atoms with van der Waals surface area (Å²) in [4.78, 5) is 26.1. The molecule has 0 atom stereocenters. The number of hydrogen-bond donors (Lipinski definition) is 2. The predicted octanol–water partition coefficient (Wildman–Crippen LogP) is 3.83. The highest BCUT2D eigenvalue weighted by Gasteiger charge is 2.24. The van der Waals surface area contributed by atoms with Crippen molar-refractivity contribution in [1.29, 1.82) is 0 Å². The molecular weight excluding hydrogens is 404 g/mol. The lowest BCUT2D eigenvalue weighted by Gasteiger charge is -2.20. The summed E-state index contributed by atoms with van der Waals surface area (Å²) in [5.41, 5.74) is 10.3. The molecule has 32 heavy (non-hydrogen) atoms. The van der Waals surface area contributed by atoms with Crippen LogP contribution in [0.15, 0.2) is 55.0 Å². The second kappa shape index (κ2) is 8.39. The van der Waals surface area contributed by atoms with E-state index in [4.69, 9.17) is 15.5 Å². The molecule has 3 aromatic heterocycles. The smallest absolute Gasteiger partial charge is 0.256 e. The maximum absolute atomic E-state index is 12.6. The fourth-order valence-electron chi connectivity index (χ4n) is 4.10. The van der Waals surface area contributed by atoms with Crippen molar-refractivity contribution in [2.75, 3.05) is 24.3 Å². The van der Waals surface area contributed by atoms with E-state index in [-0.39, 0.29) is 5.91 Å². The first-order valence-corrected chi connectivity index (χ1v) is 10.6. The number of benzene rings is 1. The minimum absolute atomic E-state index is 0.214. The van der Waals surface area contributed by atoms with Crippen LogP contribution in [-0.4, -0.2) is 38.5 Å². The third kappa shape index (κ3) is 3.80. The van der Waals surface area contributed by atoms with E-state index in [2.05, 4.69) is 15.3 Å². The van der Waals surface area contributed by atoms with Crippen molar-refractivity contribution in [3.05, 3.63) is 71.9 Å². The van der Waals surface area contributed by atoms with Crippen LogP contribution >= 0.6 is 0 Å². The van der Waals surface area contributed by atoms with Crippen LogP contribution in [0.4, 0.5) is 11.6 Å². The molecule has 4 aromatic rings. The highest BCUT2D eigenvalue weighted by molar-refractivity contribution is 6.04. The quantitative estimate of drug-likeness (QED) is 0.512. The Kier molecular flexibility index (Phi) is 5.28. The number of carbonyl (C=O) groups excluding carboxylic acids is 1. The van der Waals surface area contributed by atoms with Gasteiger partial charge in [0.15, 0.2) is 0 Å². The Morgan fingerprint density at radius 3 is 2.66 bits per heavy atom. The maximum Gasteiger partial charge on any atom is 0.256 e. The van der Waals surface area contributed by atoms with Gasteiger partial charge >= 0.3 is 0 Å². The topological polar surface area (TPSA) is 107 Å². The largest absolute Gasteiger partial charge is 0.382 e. The van der Waals surface area contributed by atoms with Crippen LogP contribution in [0.3, 0.4) is 0 Å². The molecule has 1 fully saturated rings. The van der Waals surface area contributed by atoms with Crippen LogP contribution in [0.1, 0.15) is 40.5 Å². The Bertz CT molecular complexity index is 1280. The predicted molar refractivity (Wildman–Crippen MR) is 123 cm³/mol. The van der Waals surface area contributed by atoms with Gasteiger partial charge in [-0.2, -0.15) is 0 Å². The molecule has 4 heterocycles. The third-order valence-corrected chi connectivity index (χ3v) is 5.77. The van der Waals surface area contributed by atoms with Crippen LogP contribution in [0.25, 0.3) is 16.8 Å². The number of carbonyl (C=O) groups is 1. The molecule has 0 aliphatic carbocycles. The van der Waals surface area contributed by atoms with Gasteiger partial charge in [0.1, 0.15) is 28.7 Å². The van der Waals surface area contributed by atoms with Crippen molar-refractivity contribution in [3.63, 3.8) is 0 Å². The number of imidazole rings is 1. The van der Waals surface area contributed by atoms with E-state index in [0.717, 1.165) is 54.2 Å². The molecule has 3 N–H and O–H groups in total. The normalized spacial score (nSPS) is 14.5. The minimum atomic E-state index is -0.214. The average Bonchev–Trinajstić information content (AvgIpc) is 3.21. The molecular formula is C24H24N6O2. The first kappa shape index (κ1) is 20.1. The zero-order valence-electron chi connectivity index (χ0n) is 17.8. The molecule has 1 saturated heterocycles. The summed E-state index contributed by atoms with van der Waals surface area (Å²) in [5, 5.41) is 2.83. The molecule has 1 aromatic carbocycles. The number of nitrogens with one attached hydrogen (secondary N) is 1. The molecule has 1 aliphatic rings.